The van der Waals surface area contributed by atoms with Gasteiger partial charge in [0.1, 0.15) is 5.75 Å². The average Bonchev–Trinajstić information content (AvgIpc) is 2.55. The molecule has 26 heavy (non-hydrogen) atoms. The van der Waals surface area contributed by atoms with Crippen molar-refractivity contribution in [3.05, 3.63) is 51.8 Å². The highest BCUT2D eigenvalue weighted by Gasteiger charge is 2.21. The molecule has 0 radical (unpaired) electrons. The van der Waals surface area contributed by atoms with Crippen molar-refractivity contribution in [3.8, 4) is 11.5 Å². The zero-order chi connectivity index (χ0) is 19.5. The molecule has 0 aliphatic heterocycles. The number of unbranched alkanes of at least 4 members (excludes halogenated alkanes) is 2. The maximum atomic E-state index is 14.6. The van der Waals surface area contributed by atoms with Crippen LogP contribution >= 0.6 is 19.2 Å². The molecular weight excluding hydrogens is 378 g/mol. The minimum atomic E-state index is -4.36. The van der Waals surface area contributed by atoms with Gasteiger partial charge in [-0.2, -0.15) is 0 Å². The smallest absolute Gasteiger partial charge is 0.356 e. The maximum Gasteiger partial charge on any atom is 0.356 e. The molecule has 4 nitrogen and oxygen atoms in total. The lowest BCUT2D eigenvalue weighted by atomic mass is 10.1. The van der Waals surface area contributed by atoms with Crippen LogP contribution < -0.4 is 10.0 Å². The minimum Gasteiger partial charge on any atom is -0.454 e. The molecule has 2 N–H and O–H groups in total. The van der Waals surface area contributed by atoms with Gasteiger partial charge in [-0.15, -0.1) is 0 Å². The summed E-state index contributed by atoms with van der Waals surface area (Å²) in [6.07, 6.45) is 3.78. The minimum absolute atomic E-state index is 0.00984. The number of ether oxygens (including phenoxy) is 1. The Hall–Kier alpha value is -1.39. The van der Waals surface area contributed by atoms with Crippen molar-refractivity contribution in [1.29, 1.82) is 0 Å². The first-order valence-corrected chi connectivity index (χ1v) is 10.5. The summed E-state index contributed by atoms with van der Waals surface area (Å²) in [6, 6.07) is 5.99. The molecule has 0 fully saturated rings. The van der Waals surface area contributed by atoms with Crippen LogP contribution in [0.4, 0.5) is 4.39 Å². The molecule has 0 unspecified atom stereocenters. The van der Waals surface area contributed by atoms with E-state index in [9.17, 15) is 18.7 Å². The molecule has 2 aromatic rings. The highest BCUT2D eigenvalue weighted by molar-refractivity contribution is 7.60. The van der Waals surface area contributed by atoms with Gasteiger partial charge in [0, 0.05) is 0 Å². The number of halogens is 2. The quantitative estimate of drug-likeness (QED) is 0.480. The molecule has 0 bridgehead atoms. The van der Waals surface area contributed by atoms with Gasteiger partial charge < -0.3 is 14.5 Å². The lowest BCUT2D eigenvalue weighted by Gasteiger charge is -2.16. The van der Waals surface area contributed by atoms with Gasteiger partial charge in [0.15, 0.2) is 11.6 Å². The molecule has 2 aromatic carbocycles. The first kappa shape index (κ1) is 20.9. The first-order chi connectivity index (χ1) is 12.1. The molecule has 0 amide bonds. The summed E-state index contributed by atoms with van der Waals surface area (Å²) < 4.78 is 31.7. The van der Waals surface area contributed by atoms with E-state index in [1.54, 1.807) is 19.9 Å². The Balaban J connectivity index is 2.32. The second-order valence-corrected chi connectivity index (χ2v) is 8.35. The summed E-state index contributed by atoms with van der Waals surface area (Å²) in [5.41, 5.74) is 1.76. The number of rotatable bonds is 7. The van der Waals surface area contributed by atoms with E-state index >= 15 is 0 Å². The lowest BCUT2D eigenvalue weighted by Crippen LogP contribution is -2.07. The highest BCUT2D eigenvalue weighted by atomic mass is 35.5. The summed E-state index contributed by atoms with van der Waals surface area (Å²) in [4.78, 5) is 18.6. The van der Waals surface area contributed by atoms with Gasteiger partial charge in [-0.25, -0.2) is 4.39 Å². The van der Waals surface area contributed by atoms with E-state index in [4.69, 9.17) is 16.3 Å². The molecule has 2 rings (SSSR count). The molecule has 7 heteroatoms. The Morgan fingerprint density at radius 3 is 2.31 bits per heavy atom. The van der Waals surface area contributed by atoms with Crippen molar-refractivity contribution < 1.29 is 23.5 Å². The number of hydrogen-bond donors (Lipinski definition) is 2. The predicted molar refractivity (Wildman–Crippen MR) is 102 cm³/mol. The second-order valence-electron chi connectivity index (χ2n) is 6.36. The van der Waals surface area contributed by atoms with E-state index in [-0.39, 0.29) is 16.1 Å². The van der Waals surface area contributed by atoms with E-state index in [0.717, 1.165) is 24.8 Å². The van der Waals surface area contributed by atoms with Crippen molar-refractivity contribution in [3.63, 3.8) is 0 Å². The van der Waals surface area contributed by atoms with Crippen molar-refractivity contribution in [2.45, 2.75) is 46.5 Å². The third-order valence-electron chi connectivity index (χ3n) is 4.17. The fourth-order valence-electron chi connectivity index (χ4n) is 2.78. The number of aryl methyl sites for hydroxylation is 3. The van der Waals surface area contributed by atoms with Crippen LogP contribution in [0.5, 0.6) is 11.5 Å². The number of benzene rings is 2. The molecular formula is C19H23ClFO4P. The van der Waals surface area contributed by atoms with Crippen molar-refractivity contribution in [2.24, 2.45) is 0 Å². The second kappa shape index (κ2) is 8.53. The molecule has 0 spiro atoms. The van der Waals surface area contributed by atoms with Crippen LogP contribution in [-0.2, 0) is 11.0 Å². The third-order valence-corrected chi connectivity index (χ3v) is 5.51. The fourth-order valence-corrected chi connectivity index (χ4v) is 3.75. The Labute approximate surface area is 158 Å². The first-order valence-electron chi connectivity index (χ1n) is 8.47. The van der Waals surface area contributed by atoms with Crippen molar-refractivity contribution in [1.82, 2.24) is 0 Å². The maximum absolute atomic E-state index is 14.6. The van der Waals surface area contributed by atoms with Crippen LogP contribution in [0.15, 0.2) is 24.3 Å². The molecule has 0 aliphatic carbocycles. The fraction of sp³-hybridized carbons (Fsp3) is 0.368. The van der Waals surface area contributed by atoms with Gasteiger partial charge in [-0.1, -0.05) is 37.4 Å². The Morgan fingerprint density at radius 2 is 1.77 bits per heavy atom. The Kier molecular flexibility index (Phi) is 6.86. The van der Waals surface area contributed by atoms with E-state index in [1.807, 2.05) is 0 Å². The average molecular weight is 401 g/mol. The van der Waals surface area contributed by atoms with Crippen LogP contribution in [0.25, 0.3) is 0 Å². The van der Waals surface area contributed by atoms with Crippen molar-refractivity contribution in [2.75, 3.05) is 0 Å². The summed E-state index contributed by atoms with van der Waals surface area (Å²) in [7, 11) is -4.36. The van der Waals surface area contributed by atoms with Gasteiger partial charge in [0.05, 0.1) is 10.3 Å². The normalized spacial score (nSPS) is 11.7. The summed E-state index contributed by atoms with van der Waals surface area (Å²) >= 11 is 6.15. The monoisotopic (exact) mass is 400 g/mol. The van der Waals surface area contributed by atoms with Gasteiger partial charge >= 0.3 is 7.60 Å². The molecule has 0 saturated heterocycles. The lowest BCUT2D eigenvalue weighted by molar-refractivity contribution is 0.387. The predicted octanol–water partition coefficient (Wildman–Crippen LogP) is 5.42. The van der Waals surface area contributed by atoms with E-state index < -0.39 is 13.4 Å². The SMILES string of the molecule is CCCCCc1ccc(Oc2c(C)cc(P(=O)(O)O)cc2C)c(F)c1Cl. The van der Waals surface area contributed by atoms with Crippen LogP contribution in [0.1, 0.15) is 42.9 Å². The van der Waals surface area contributed by atoms with Gasteiger partial charge in [0.25, 0.3) is 0 Å². The van der Waals surface area contributed by atoms with Crippen LogP contribution in [0.2, 0.25) is 5.02 Å². The summed E-state index contributed by atoms with van der Waals surface area (Å²) in [6.45, 7) is 5.40. The molecule has 0 saturated carbocycles. The summed E-state index contributed by atoms with van der Waals surface area (Å²) in [5, 5.41) is -0.0367. The van der Waals surface area contributed by atoms with Crippen LogP contribution in [0, 0.1) is 19.7 Å². The molecule has 0 heterocycles. The summed E-state index contributed by atoms with van der Waals surface area (Å²) in [5.74, 6) is -0.279. The zero-order valence-corrected chi connectivity index (χ0v) is 16.7. The Morgan fingerprint density at radius 1 is 1.15 bits per heavy atom. The molecule has 142 valence electrons. The molecule has 0 aliphatic rings. The molecule has 0 atom stereocenters. The zero-order valence-electron chi connectivity index (χ0n) is 15.1. The Bertz CT molecular complexity index is 825. The third kappa shape index (κ3) is 4.86. The van der Waals surface area contributed by atoms with Gasteiger partial charge in [0.2, 0.25) is 0 Å². The number of hydrogen-bond acceptors (Lipinski definition) is 2. The standard InChI is InChI=1S/C19H23ClFO4P/c1-4-5-6-7-14-8-9-16(18(21)17(14)20)25-19-12(2)10-15(11-13(19)3)26(22,23)24/h8-11H,4-7H2,1-3H3,(H2,22,23,24). The highest BCUT2D eigenvalue weighted by Crippen LogP contribution is 2.38. The van der Waals surface area contributed by atoms with Crippen LogP contribution in [-0.4, -0.2) is 9.79 Å². The molecule has 0 aromatic heterocycles. The van der Waals surface area contributed by atoms with Gasteiger partial charge in [-0.3, -0.25) is 4.57 Å². The van der Waals surface area contributed by atoms with E-state index in [2.05, 4.69) is 6.92 Å². The van der Waals surface area contributed by atoms with E-state index in [1.165, 1.54) is 18.2 Å². The van der Waals surface area contributed by atoms with Crippen LogP contribution in [0.3, 0.4) is 0 Å². The van der Waals surface area contributed by atoms with Crippen molar-refractivity contribution >= 4 is 24.5 Å². The van der Waals surface area contributed by atoms with Gasteiger partial charge in [-0.05, 0) is 61.6 Å². The largest absolute Gasteiger partial charge is 0.454 e. The topological polar surface area (TPSA) is 66.8 Å². The van der Waals surface area contributed by atoms with E-state index in [0.29, 0.717) is 23.3 Å².